The van der Waals surface area contributed by atoms with Crippen molar-refractivity contribution in [3.8, 4) is 0 Å². The normalized spacial score (nSPS) is 25.3. The Balaban J connectivity index is 3.24. The molecule has 0 radical (unpaired) electrons. The Kier molecular flexibility index (Phi) is 8.36. The van der Waals surface area contributed by atoms with E-state index >= 15 is 0 Å². The fourth-order valence-electron chi connectivity index (χ4n) is 4.23. The van der Waals surface area contributed by atoms with Gasteiger partial charge in [-0.05, 0) is 19.4 Å². The van der Waals surface area contributed by atoms with Gasteiger partial charge in [0.25, 0.3) is 0 Å². The molecule has 1 heterocycles. The van der Waals surface area contributed by atoms with Crippen molar-refractivity contribution in [2.45, 2.75) is 52.0 Å². The number of likely N-dealkylation sites (tertiary alicyclic amines) is 1. The quantitative estimate of drug-likeness (QED) is 0.217. The van der Waals surface area contributed by atoms with Crippen molar-refractivity contribution >= 4 is 23.8 Å². The molecule has 27 heavy (non-hydrogen) atoms. The van der Waals surface area contributed by atoms with Crippen LogP contribution < -0.4 is 5.73 Å². The number of aliphatic carboxylic acids is 3. The summed E-state index contributed by atoms with van der Waals surface area (Å²) in [6, 6.07) is -0.643. The van der Waals surface area contributed by atoms with E-state index in [2.05, 4.69) is 0 Å². The van der Waals surface area contributed by atoms with Gasteiger partial charge in [0.1, 0.15) is 0 Å². The first kappa shape index (κ1) is 23.0. The zero-order chi connectivity index (χ0) is 20.8. The van der Waals surface area contributed by atoms with Gasteiger partial charge in [-0.25, -0.2) is 14.1 Å². The number of amides is 1. The Morgan fingerprint density at radius 2 is 1.74 bits per heavy atom. The third-order valence-electron chi connectivity index (χ3n) is 5.26. The molecule has 9 heteroatoms. The van der Waals surface area contributed by atoms with E-state index < -0.39 is 42.3 Å². The molecule has 1 rings (SSSR count). The first-order valence-corrected chi connectivity index (χ1v) is 9.33. The highest BCUT2D eigenvalue weighted by molar-refractivity contribution is 5.93. The Morgan fingerprint density at radius 3 is 2.19 bits per heavy atom. The van der Waals surface area contributed by atoms with Crippen molar-refractivity contribution in [1.29, 1.82) is 0 Å². The number of hydrogen-bond acceptors (Lipinski definition) is 5. The number of hydrogen-bond donors (Lipinski definition) is 4. The van der Waals surface area contributed by atoms with Gasteiger partial charge in [-0.3, -0.25) is 9.59 Å². The van der Waals surface area contributed by atoms with Crippen molar-refractivity contribution in [1.82, 2.24) is 0 Å². The fraction of sp³-hybridized carbons (Fsp3) is 0.778. The van der Waals surface area contributed by atoms with E-state index in [9.17, 15) is 34.5 Å². The number of nitrogens with two attached hydrogens (primary N) is 1. The lowest BCUT2D eigenvalue weighted by Gasteiger charge is -2.38. The maximum absolute atomic E-state index is 13.2. The highest BCUT2D eigenvalue weighted by Crippen LogP contribution is 2.39. The molecular formula is C18H31N2O7+. The van der Waals surface area contributed by atoms with E-state index in [0.29, 0.717) is 19.4 Å². The summed E-state index contributed by atoms with van der Waals surface area (Å²) in [5.41, 5.74) is 5.50. The molecule has 9 nitrogen and oxygen atoms in total. The summed E-state index contributed by atoms with van der Waals surface area (Å²) >= 11 is 0. The van der Waals surface area contributed by atoms with Gasteiger partial charge in [0.15, 0.2) is 12.5 Å². The second-order valence-electron chi connectivity index (χ2n) is 7.84. The largest absolute Gasteiger partial charge is 0.481 e. The average molecular weight is 387 g/mol. The van der Waals surface area contributed by atoms with E-state index in [1.807, 2.05) is 13.8 Å². The van der Waals surface area contributed by atoms with Crippen LogP contribution in [0.4, 0.5) is 0 Å². The summed E-state index contributed by atoms with van der Waals surface area (Å²) in [5.74, 6) is -6.39. The van der Waals surface area contributed by atoms with Gasteiger partial charge in [0, 0.05) is 18.8 Å². The van der Waals surface area contributed by atoms with Gasteiger partial charge in [-0.15, -0.1) is 0 Å². The van der Waals surface area contributed by atoms with Gasteiger partial charge in [0.05, 0.1) is 18.5 Å². The SMILES string of the molecule is CC(C)C[N+]1(CC(=O)O)C(=O)[C@H](CCCCN)C[C@H]1CC(C(=O)O)C(=O)O. The number of rotatable bonds is 12. The zero-order valence-corrected chi connectivity index (χ0v) is 16.0. The van der Waals surface area contributed by atoms with Crippen LogP contribution in [0.15, 0.2) is 0 Å². The van der Waals surface area contributed by atoms with Crippen LogP contribution in [0.2, 0.25) is 0 Å². The zero-order valence-electron chi connectivity index (χ0n) is 16.0. The molecule has 0 aromatic heterocycles. The van der Waals surface area contributed by atoms with E-state index in [-0.39, 0.29) is 29.3 Å². The van der Waals surface area contributed by atoms with Crippen LogP contribution in [0.1, 0.15) is 46.0 Å². The number of nitrogens with zero attached hydrogens (tertiary/aromatic N) is 1. The smallest absolute Gasteiger partial charge is 0.359 e. The third kappa shape index (κ3) is 5.74. The molecule has 0 bridgehead atoms. The van der Waals surface area contributed by atoms with Crippen molar-refractivity contribution in [3.63, 3.8) is 0 Å². The minimum atomic E-state index is -1.66. The summed E-state index contributed by atoms with van der Waals surface area (Å²) < 4.78 is -0.378. The van der Waals surface area contributed by atoms with Crippen LogP contribution in [-0.4, -0.2) is 69.3 Å². The first-order valence-electron chi connectivity index (χ1n) is 9.33. The molecule has 0 saturated carbocycles. The maximum Gasteiger partial charge on any atom is 0.359 e. The van der Waals surface area contributed by atoms with Gasteiger partial charge >= 0.3 is 23.8 Å². The standard InChI is InChI=1S/C18H30N2O7/c1-11(2)9-20(10-15(21)22)13(8-14(17(24)25)18(26)27)7-12(16(20)23)5-3-4-6-19/h11-14H,3-10,19H2,1-2H3,(H2-,21,22,24,25,26,27)/p+1/t12-,13+,20?/m1/s1. The van der Waals surface area contributed by atoms with E-state index in [4.69, 9.17) is 5.73 Å². The van der Waals surface area contributed by atoms with E-state index in [1.165, 1.54) is 0 Å². The monoisotopic (exact) mass is 387 g/mol. The molecular weight excluding hydrogens is 356 g/mol. The summed E-state index contributed by atoms with van der Waals surface area (Å²) in [6.07, 6.45) is 2.05. The lowest BCUT2D eigenvalue weighted by atomic mass is 9.92. The molecule has 0 spiro atoms. The Morgan fingerprint density at radius 1 is 1.15 bits per heavy atom. The number of carbonyl (C=O) groups excluding carboxylic acids is 1. The number of carboxylic acids is 3. The molecule has 154 valence electrons. The predicted octanol–water partition coefficient (Wildman–Crippen LogP) is 0.763. The first-order chi connectivity index (χ1) is 12.5. The lowest BCUT2D eigenvalue weighted by molar-refractivity contribution is -0.868. The van der Waals surface area contributed by atoms with Crippen LogP contribution >= 0.6 is 0 Å². The lowest BCUT2D eigenvalue weighted by Crippen LogP contribution is -2.60. The van der Waals surface area contributed by atoms with Crippen molar-refractivity contribution < 1.29 is 39.0 Å². The third-order valence-corrected chi connectivity index (χ3v) is 5.26. The minimum absolute atomic E-state index is 0.00769. The molecule has 1 saturated heterocycles. The Labute approximate surface area is 158 Å². The fourth-order valence-corrected chi connectivity index (χ4v) is 4.23. The molecule has 3 atom stereocenters. The predicted molar refractivity (Wildman–Crippen MR) is 95.7 cm³/mol. The second kappa shape index (κ2) is 9.80. The summed E-state index contributed by atoms with van der Waals surface area (Å²) in [6.45, 7) is 4.00. The van der Waals surface area contributed by atoms with Crippen molar-refractivity contribution in [2.24, 2.45) is 23.5 Å². The van der Waals surface area contributed by atoms with Crippen molar-refractivity contribution in [3.05, 3.63) is 0 Å². The van der Waals surface area contributed by atoms with E-state index in [1.54, 1.807) is 0 Å². The molecule has 0 aromatic carbocycles. The molecule has 1 fully saturated rings. The summed E-state index contributed by atoms with van der Waals surface area (Å²) in [4.78, 5) is 47.5. The molecule has 0 aliphatic carbocycles. The molecule has 0 aromatic rings. The van der Waals surface area contributed by atoms with E-state index in [0.717, 1.165) is 12.8 Å². The summed E-state index contributed by atoms with van der Waals surface area (Å²) in [5, 5.41) is 27.9. The molecule has 1 unspecified atom stereocenters. The Bertz CT molecular complexity index is 564. The van der Waals surface area contributed by atoms with Crippen LogP contribution in [0.25, 0.3) is 0 Å². The molecule has 1 aliphatic heterocycles. The molecule has 1 aliphatic rings. The summed E-state index contributed by atoms with van der Waals surface area (Å²) in [7, 11) is 0. The minimum Gasteiger partial charge on any atom is -0.481 e. The molecule has 5 N–H and O–H groups in total. The van der Waals surface area contributed by atoms with Crippen LogP contribution in [0, 0.1) is 17.8 Å². The number of carbonyl (C=O) groups is 4. The highest BCUT2D eigenvalue weighted by atomic mass is 16.4. The van der Waals surface area contributed by atoms with Crippen molar-refractivity contribution in [2.75, 3.05) is 19.6 Å². The van der Waals surface area contributed by atoms with Gasteiger partial charge in [-0.1, -0.05) is 20.3 Å². The second-order valence-corrected chi connectivity index (χ2v) is 7.84. The number of carboxylic acid groups (broad SMARTS) is 3. The molecule has 1 amide bonds. The van der Waals surface area contributed by atoms with Crippen LogP contribution in [-0.2, 0) is 19.2 Å². The highest BCUT2D eigenvalue weighted by Gasteiger charge is 2.57. The van der Waals surface area contributed by atoms with Crippen LogP contribution in [0.5, 0.6) is 0 Å². The van der Waals surface area contributed by atoms with Gasteiger partial charge < -0.3 is 21.1 Å². The topological polar surface area (TPSA) is 155 Å². The van der Waals surface area contributed by atoms with Crippen LogP contribution in [0.3, 0.4) is 0 Å². The average Bonchev–Trinajstić information content (AvgIpc) is 2.76. The maximum atomic E-state index is 13.2. The van der Waals surface area contributed by atoms with Gasteiger partial charge in [0.2, 0.25) is 0 Å². The number of unbranched alkanes of at least 4 members (excludes halogenated alkanes) is 1. The Hall–Kier alpha value is -2.00. The number of quaternary nitrogens is 1. The van der Waals surface area contributed by atoms with Gasteiger partial charge in [-0.2, -0.15) is 0 Å².